The van der Waals surface area contributed by atoms with Crippen molar-refractivity contribution in [2.24, 2.45) is 0 Å². The van der Waals surface area contributed by atoms with Crippen molar-refractivity contribution in [1.82, 2.24) is 4.98 Å². The number of anilines is 1. The molecule has 0 amide bonds. The molecule has 1 aromatic rings. The van der Waals surface area contributed by atoms with Gasteiger partial charge in [0.15, 0.2) is 11.6 Å². The number of unbranched alkanes of at least 4 members (excludes halogenated alkanes) is 1. The molecule has 0 bridgehead atoms. The zero-order valence-corrected chi connectivity index (χ0v) is 9.06. The second-order valence-corrected chi connectivity index (χ2v) is 3.67. The van der Waals surface area contributed by atoms with Gasteiger partial charge >= 0.3 is 0 Å². The Morgan fingerprint density at radius 3 is 2.80 bits per heavy atom. The van der Waals surface area contributed by atoms with E-state index in [4.69, 9.17) is 0 Å². The molecule has 0 saturated heterocycles. The van der Waals surface area contributed by atoms with Gasteiger partial charge in [-0.1, -0.05) is 19.8 Å². The molecule has 0 aromatic carbocycles. The lowest BCUT2D eigenvalue weighted by atomic mass is 10.1. The van der Waals surface area contributed by atoms with E-state index in [-0.39, 0.29) is 11.9 Å². The molecule has 1 unspecified atom stereocenters. The van der Waals surface area contributed by atoms with Crippen molar-refractivity contribution in [2.75, 3.05) is 5.32 Å². The predicted molar refractivity (Wildman–Crippen MR) is 56.8 cm³/mol. The number of nitrogens with one attached hydrogen (secondary N) is 1. The van der Waals surface area contributed by atoms with E-state index in [1.807, 2.05) is 6.92 Å². The summed E-state index contributed by atoms with van der Waals surface area (Å²) in [5.74, 6) is -1.17. The van der Waals surface area contributed by atoms with E-state index in [2.05, 4.69) is 17.2 Å². The zero-order chi connectivity index (χ0) is 11.3. The van der Waals surface area contributed by atoms with E-state index in [1.165, 1.54) is 0 Å². The summed E-state index contributed by atoms with van der Waals surface area (Å²) < 4.78 is 25.7. The van der Waals surface area contributed by atoms with Crippen molar-refractivity contribution < 1.29 is 8.78 Å². The molecule has 1 atom stereocenters. The van der Waals surface area contributed by atoms with Crippen LogP contribution < -0.4 is 5.32 Å². The zero-order valence-electron chi connectivity index (χ0n) is 9.06. The van der Waals surface area contributed by atoms with Crippen LogP contribution in [0, 0.1) is 11.6 Å². The fourth-order valence-corrected chi connectivity index (χ4v) is 1.34. The van der Waals surface area contributed by atoms with Crippen molar-refractivity contribution >= 4 is 5.82 Å². The van der Waals surface area contributed by atoms with Gasteiger partial charge in [-0.15, -0.1) is 0 Å². The molecule has 1 aromatic heterocycles. The normalized spacial score (nSPS) is 12.5. The van der Waals surface area contributed by atoms with Gasteiger partial charge in [-0.25, -0.2) is 13.8 Å². The van der Waals surface area contributed by atoms with E-state index in [0.29, 0.717) is 0 Å². The SMILES string of the molecule is CCCCC(C)Nc1ncc(F)cc1F. The predicted octanol–water partition coefficient (Wildman–Crippen LogP) is 3.35. The molecular weight excluding hydrogens is 198 g/mol. The molecular formula is C11H16F2N2. The molecule has 0 radical (unpaired) electrons. The minimum Gasteiger partial charge on any atom is -0.365 e. The van der Waals surface area contributed by atoms with Crippen LogP contribution >= 0.6 is 0 Å². The summed E-state index contributed by atoms with van der Waals surface area (Å²) in [6.45, 7) is 4.06. The maximum absolute atomic E-state index is 13.2. The Morgan fingerprint density at radius 1 is 1.47 bits per heavy atom. The van der Waals surface area contributed by atoms with Crippen molar-refractivity contribution in [3.8, 4) is 0 Å². The molecule has 84 valence electrons. The lowest BCUT2D eigenvalue weighted by molar-refractivity contribution is 0.569. The quantitative estimate of drug-likeness (QED) is 0.813. The van der Waals surface area contributed by atoms with E-state index >= 15 is 0 Å². The van der Waals surface area contributed by atoms with Gasteiger partial charge in [0.05, 0.1) is 6.20 Å². The molecule has 4 heteroatoms. The van der Waals surface area contributed by atoms with Crippen molar-refractivity contribution in [3.05, 3.63) is 23.9 Å². The van der Waals surface area contributed by atoms with Crippen LogP contribution in [0.15, 0.2) is 12.3 Å². The second kappa shape index (κ2) is 5.63. The number of aromatic nitrogens is 1. The first-order valence-electron chi connectivity index (χ1n) is 5.21. The highest BCUT2D eigenvalue weighted by Gasteiger charge is 2.08. The van der Waals surface area contributed by atoms with Crippen LogP contribution in [-0.2, 0) is 0 Å². The maximum atomic E-state index is 13.2. The summed E-state index contributed by atoms with van der Waals surface area (Å²) >= 11 is 0. The monoisotopic (exact) mass is 214 g/mol. The number of hydrogen-bond donors (Lipinski definition) is 1. The number of hydrogen-bond acceptors (Lipinski definition) is 2. The van der Waals surface area contributed by atoms with Crippen LogP contribution in [0.25, 0.3) is 0 Å². The highest BCUT2D eigenvalue weighted by atomic mass is 19.1. The first-order valence-corrected chi connectivity index (χ1v) is 5.21. The molecule has 0 aliphatic carbocycles. The Bertz CT molecular complexity index is 315. The lowest BCUT2D eigenvalue weighted by Gasteiger charge is -2.14. The van der Waals surface area contributed by atoms with Crippen LogP contribution in [0.3, 0.4) is 0 Å². The smallest absolute Gasteiger partial charge is 0.168 e. The van der Waals surface area contributed by atoms with E-state index in [0.717, 1.165) is 31.5 Å². The van der Waals surface area contributed by atoms with Crippen LogP contribution in [0.5, 0.6) is 0 Å². The third-order valence-electron chi connectivity index (χ3n) is 2.18. The molecule has 1 rings (SSSR count). The highest BCUT2D eigenvalue weighted by Crippen LogP contribution is 2.13. The van der Waals surface area contributed by atoms with Gasteiger partial charge in [0, 0.05) is 12.1 Å². The molecule has 0 spiro atoms. The third-order valence-corrected chi connectivity index (χ3v) is 2.18. The van der Waals surface area contributed by atoms with Crippen molar-refractivity contribution in [2.45, 2.75) is 39.2 Å². The average Bonchev–Trinajstić information content (AvgIpc) is 2.19. The second-order valence-electron chi connectivity index (χ2n) is 3.67. The van der Waals surface area contributed by atoms with Gasteiger partial charge in [0.1, 0.15) is 5.82 Å². The molecule has 1 N–H and O–H groups in total. The molecule has 15 heavy (non-hydrogen) atoms. The summed E-state index contributed by atoms with van der Waals surface area (Å²) in [5, 5.41) is 2.92. The van der Waals surface area contributed by atoms with Gasteiger partial charge < -0.3 is 5.32 Å². The number of halogens is 2. The standard InChI is InChI=1S/C11H16F2N2/c1-3-4-5-8(2)15-11-10(13)6-9(12)7-14-11/h6-8H,3-5H2,1-2H3,(H,14,15). The van der Waals surface area contributed by atoms with Crippen molar-refractivity contribution in [1.29, 1.82) is 0 Å². The summed E-state index contributed by atoms with van der Waals surface area (Å²) in [6, 6.07) is 0.986. The summed E-state index contributed by atoms with van der Waals surface area (Å²) in [6.07, 6.45) is 4.15. The Labute approximate surface area is 88.7 Å². The van der Waals surface area contributed by atoms with Crippen LogP contribution in [-0.4, -0.2) is 11.0 Å². The summed E-state index contributed by atoms with van der Waals surface area (Å²) in [5.41, 5.74) is 0. The van der Waals surface area contributed by atoms with Crippen LogP contribution in [0.4, 0.5) is 14.6 Å². The summed E-state index contributed by atoms with van der Waals surface area (Å²) in [7, 11) is 0. The first kappa shape index (κ1) is 11.9. The molecule has 0 aliphatic heterocycles. The van der Waals surface area contributed by atoms with E-state index in [9.17, 15) is 8.78 Å². The van der Waals surface area contributed by atoms with Gasteiger partial charge in [-0.3, -0.25) is 0 Å². The Kier molecular flexibility index (Phi) is 4.46. The van der Waals surface area contributed by atoms with Gasteiger partial charge in [-0.2, -0.15) is 0 Å². The molecule has 1 heterocycles. The van der Waals surface area contributed by atoms with E-state index < -0.39 is 11.6 Å². The minimum absolute atomic E-state index is 0.125. The number of pyridine rings is 1. The first-order chi connectivity index (χ1) is 7.13. The topological polar surface area (TPSA) is 24.9 Å². The Hall–Kier alpha value is -1.19. The molecule has 0 fully saturated rings. The fourth-order valence-electron chi connectivity index (χ4n) is 1.34. The fraction of sp³-hybridized carbons (Fsp3) is 0.545. The molecule has 2 nitrogen and oxygen atoms in total. The van der Waals surface area contributed by atoms with Gasteiger partial charge in [0.25, 0.3) is 0 Å². The van der Waals surface area contributed by atoms with Gasteiger partial charge in [0.2, 0.25) is 0 Å². The highest BCUT2D eigenvalue weighted by molar-refractivity contribution is 5.36. The average molecular weight is 214 g/mol. The summed E-state index contributed by atoms with van der Waals surface area (Å²) in [4.78, 5) is 3.66. The number of rotatable bonds is 5. The largest absolute Gasteiger partial charge is 0.365 e. The molecule has 0 aliphatic rings. The Morgan fingerprint density at radius 2 is 2.20 bits per heavy atom. The van der Waals surface area contributed by atoms with Crippen molar-refractivity contribution in [3.63, 3.8) is 0 Å². The minimum atomic E-state index is -0.653. The third kappa shape index (κ3) is 3.81. The molecule has 0 saturated carbocycles. The van der Waals surface area contributed by atoms with Crippen LogP contribution in [0.1, 0.15) is 33.1 Å². The van der Waals surface area contributed by atoms with E-state index in [1.54, 1.807) is 0 Å². The maximum Gasteiger partial charge on any atom is 0.168 e. The van der Waals surface area contributed by atoms with Crippen LogP contribution in [0.2, 0.25) is 0 Å². The Balaban J connectivity index is 2.56. The van der Waals surface area contributed by atoms with Gasteiger partial charge in [-0.05, 0) is 13.3 Å². The number of nitrogens with zero attached hydrogens (tertiary/aromatic N) is 1. The lowest BCUT2D eigenvalue weighted by Crippen LogP contribution is -2.16.